The number of benzene rings is 2. The Hall–Kier alpha value is -2.66. The van der Waals surface area contributed by atoms with Gasteiger partial charge < -0.3 is 9.84 Å². The fourth-order valence-electron chi connectivity index (χ4n) is 3.70. The monoisotopic (exact) mass is 349 g/mol. The van der Waals surface area contributed by atoms with Gasteiger partial charge in [0.1, 0.15) is 5.69 Å². The van der Waals surface area contributed by atoms with Crippen molar-refractivity contribution in [2.45, 2.75) is 31.8 Å². The van der Waals surface area contributed by atoms with Crippen molar-refractivity contribution in [1.82, 2.24) is 15.4 Å². The largest absolute Gasteiger partial charge is 0.356 e. The van der Waals surface area contributed by atoms with Crippen molar-refractivity contribution in [2.75, 3.05) is 13.1 Å². The van der Waals surface area contributed by atoms with Gasteiger partial charge >= 0.3 is 0 Å². The summed E-state index contributed by atoms with van der Waals surface area (Å²) in [6.07, 6.45) is 1.23. The van der Waals surface area contributed by atoms with Gasteiger partial charge in [0.2, 0.25) is 5.91 Å². The van der Waals surface area contributed by atoms with Crippen LogP contribution in [0.2, 0.25) is 0 Å². The first-order valence-electron chi connectivity index (χ1n) is 9.12. The van der Waals surface area contributed by atoms with E-state index in [0.29, 0.717) is 11.7 Å². The van der Waals surface area contributed by atoms with Crippen LogP contribution in [-0.2, 0) is 11.2 Å². The average Bonchev–Trinajstić information content (AvgIpc) is 3.29. The highest BCUT2D eigenvalue weighted by Crippen LogP contribution is 2.24. The first-order chi connectivity index (χ1) is 12.7. The number of para-hydroxylation sites is 1. The fourth-order valence-corrected chi connectivity index (χ4v) is 3.70. The number of hydrogen-bond donors (Lipinski definition) is 1. The van der Waals surface area contributed by atoms with Crippen molar-refractivity contribution < 1.29 is 9.32 Å². The maximum absolute atomic E-state index is 12.4. The summed E-state index contributed by atoms with van der Waals surface area (Å²) in [5.74, 6) is 0.00303. The van der Waals surface area contributed by atoms with Crippen LogP contribution in [0.4, 0.5) is 0 Å². The summed E-state index contributed by atoms with van der Waals surface area (Å²) in [6.45, 7) is 4.09. The minimum atomic E-state index is 0.00303. The molecule has 26 heavy (non-hydrogen) atoms. The molecule has 4 rings (SSSR count). The minimum Gasteiger partial charge on any atom is -0.356 e. The van der Waals surface area contributed by atoms with E-state index in [2.05, 4.69) is 46.6 Å². The Bertz CT molecular complexity index is 890. The number of aromatic nitrogens is 1. The number of carbonyl (C=O) groups is 1. The summed E-state index contributed by atoms with van der Waals surface area (Å²) in [4.78, 5) is 14.9. The number of nitrogens with zero attached hydrogens (tertiary/aromatic N) is 2. The topological polar surface area (TPSA) is 58.4 Å². The SMILES string of the molecule is C[C@@H](c1ccccc1)N1CC[C@@H](NC(=O)Cc2noc3ccccc23)C1. The maximum atomic E-state index is 12.4. The number of nitrogens with one attached hydrogen (secondary N) is 1. The molecule has 2 heterocycles. The molecule has 0 aliphatic carbocycles. The number of likely N-dealkylation sites (tertiary alicyclic amines) is 1. The maximum Gasteiger partial charge on any atom is 0.226 e. The number of rotatable bonds is 5. The molecule has 0 bridgehead atoms. The molecule has 1 N–H and O–H groups in total. The first kappa shape index (κ1) is 16.8. The van der Waals surface area contributed by atoms with Crippen molar-refractivity contribution in [3.63, 3.8) is 0 Å². The van der Waals surface area contributed by atoms with Crippen molar-refractivity contribution in [3.8, 4) is 0 Å². The van der Waals surface area contributed by atoms with E-state index in [-0.39, 0.29) is 18.4 Å². The molecule has 0 radical (unpaired) electrons. The first-order valence-corrected chi connectivity index (χ1v) is 9.12. The predicted molar refractivity (Wildman–Crippen MR) is 101 cm³/mol. The smallest absolute Gasteiger partial charge is 0.226 e. The lowest BCUT2D eigenvalue weighted by Gasteiger charge is -2.24. The van der Waals surface area contributed by atoms with E-state index in [1.54, 1.807) is 0 Å². The van der Waals surface area contributed by atoms with Gasteiger partial charge in [0, 0.05) is 30.6 Å². The molecular weight excluding hydrogens is 326 g/mol. The number of fused-ring (bicyclic) bond motifs is 1. The number of carbonyl (C=O) groups excluding carboxylic acids is 1. The summed E-state index contributed by atoms with van der Waals surface area (Å²) in [7, 11) is 0. The highest BCUT2D eigenvalue weighted by Gasteiger charge is 2.28. The van der Waals surface area contributed by atoms with Gasteiger partial charge in [-0.1, -0.05) is 47.6 Å². The van der Waals surface area contributed by atoms with E-state index in [1.807, 2.05) is 30.3 Å². The van der Waals surface area contributed by atoms with Crippen LogP contribution in [0.15, 0.2) is 59.1 Å². The molecule has 3 aromatic rings. The molecule has 5 heteroatoms. The molecule has 1 aliphatic rings. The Morgan fingerprint density at radius 3 is 2.85 bits per heavy atom. The van der Waals surface area contributed by atoms with E-state index in [0.717, 1.165) is 30.5 Å². The van der Waals surface area contributed by atoms with Gasteiger partial charge in [-0.2, -0.15) is 0 Å². The van der Waals surface area contributed by atoms with Crippen LogP contribution in [0.3, 0.4) is 0 Å². The fraction of sp³-hybridized carbons (Fsp3) is 0.333. The van der Waals surface area contributed by atoms with E-state index >= 15 is 0 Å². The van der Waals surface area contributed by atoms with E-state index in [1.165, 1.54) is 5.56 Å². The quantitative estimate of drug-likeness (QED) is 0.768. The van der Waals surface area contributed by atoms with Crippen LogP contribution in [0, 0.1) is 0 Å². The van der Waals surface area contributed by atoms with Crippen molar-refractivity contribution in [1.29, 1.82) is 0 Å². The summed E-state index contributed by atoms with van der Waals surface area (Å²) in [5, 5.41) is 8.11. The summed E-state index contributed by atoms with van der Waals surface area (Å²) >= 11 is 0. The molecular formula is C21H23N3O2. The second-order valence-corrected chi connectivity index (χ2v) is 6.94. The summed E-state index contributed by atoms with van der Waals surface area (Å²) in [5.41, 5.74) is 2.73. The highest BCUT2D eigenvalue weighted by molar-refractivity contribution is 5.86. The Morgan fingerprint density at radius 2 is 2.00 bits per heavy atom. The van der Waals surface area contributed by atoms with Crippen LogP contribution in [0.5, 0.6) is 0 Å². The molecule has 1 saturated heterocycles. The normalized spacial score (nSPS) is 18.9. The molecule has 5 nitrogen and oxygen atoms in total. The second kappa shape index (κ2) is 7.30. The second-order valence-electron chi connectivity index (χ2n) is 6.94. The molecule has 1 amide bonds. The van der Waals surface area contributed by atoms with Crippen LogP contribution < -0.4 is 5.32 Å². The lowest BCUT2D eigenvalue weighted by Crippen LogP contribution is -2.38. The van der Waals surface area contributed by atoms with E-state index in [9.17, 15) is 4.79 Å². The Labute approximate surface area is 153 Å². The van der Waals surface area contributed by atoms with Crippen molar-refractivity contribution in [3.05, 3.63) is 65.9 Å². The third-order valence-corrected chi connectivity index (χ3v) is 5.19. The van der Waals surface area contributed by atoms with Gasteiger partial charge in [-0.15, -0.1) is 0 Å². The summed E-state index contributed by atoms with van der Waals surface area (Å²) < 4.78 is 5.28. The zero-order chi connectivity index (χ0) is 17.9. The van der Waals surface area contributed by atoms with E-state index < -0.39 is 0 Å². The predicted octanol–water partition coefficient (Wildman–Crippen LogP) is 3.32. The van der Waals surface area contributed by atoms with Crippen LogP contribution >= 0.6 is 0 Å². The molecule has 2 atom stereocenters. The molecule has 1 fully saturated rings. The van der Waals surface area contributed by atoms with Gasteiger partial charge in [-0.25, -0.2) is 0 Å². The van der Waals surface area contributed by atoms with Crippen molar-refractivity contribution >= 4 is 16.9 Å². The zero-order valence-corrected chi connectivity index (χ0v) is 14.9. The molecule has 0 saturated carbocycles. The molecule has 1 aliphatic heterocycles. The number of hydrogen-bond acceptors (Lipinski definition) is 4. The average molecular weight is 349 g/mol. The van der Waals surface area contributed by atoms with Crippen LogP contribution in [0.25, 0.3) is 11.0 Å². The third kappa shape index (κ3) is 3.48. The lowest BCUT2D eigenvalue weighted by atomic mass is 10.1. The molecule has 134 valence electrons. The molecule has 1 aromatic heterocycles. The molecule has 2 aromatic carbocycles. The Kier molecular flexibility index (Phi) is 4.71. The Balaban J connectivity index is 1.34. The van der Waals surface area contributed by atoms with Gasteiger partial charge in [0.15, 0.2) is 5.58 Å². The van der Waals surface area contributed by atoms with Crippen LogP contribution in [-0.4, -0.2) is 35.1 Å². The summed E-state index contributed by atoms with van der Waals surface area (Å²) in [6, 6.07) is 18.7. The van der Waals surface area contributed by atoms with Gasteiger partial charge in [0.05, 0.1) is 6.42 Å². The molecule has 0 spiro atoms. The van der Waals surface area contributed by atoms with Crippen LogP contribution in [0.1, 0.15) is 30.6 Å². The Morgan fingerprint density at radius 1 is 1.23 bits per heavy atom. The van der Waals surface area contributed by atoms with Gasteiger partial charge in [-0.05, 0) is 31.0 Å². The highest BCUT2D eigenvalue weighted by atomic mass is 16.5. The van der Waals surface area contributed by atoms with Crippen molar-refractivity contribution in [2.24, 2.45) is 0 Å². The minimum absolute atomic E-state index is 0.00303. The molecule has 0 unspecified atom stereocenters. The zero-order valence-electron chi connectivity index (χ0n) is 14.9. The lowest BCUT2D eigenvalue weighted by molar-refractivity contribution is -0.121. The van der Waals surface area contributed by atoms with E-state index in [4.69, 9.17) is 4.52 Å². The van der Waals surface area contributed by atoms with Gasteiger partial charge in [-0.3, -0.25) is 9.69 Å². The number of amides is 1. The third-order valence-electron chi connectivity index (χ3n) is 5.19. The van der Waals surface area contributed by atoms with Gasteiger partial charge in [0.25, 0.3) is 0 Å². The standard InChI is InChI=1S/C21H23N3O2/c1-15(16-7-3-2-4-8-16)24-12-11-17(14-24)22-21(25)13-19-18-9-5-6-10-20(18)26-23-19/h2-10,15,17H,11-14H2,1H3,(H,22,25)/t15-,17+/m0/s1.